The van der Waals surface area contributed by atoms with Gasteiger partial charge < -0.3 is 4.42 Å². The number of aromatic nitrogens is 5. The number of rotatable bonds is 4. The molecular weight excluding hydrogens is 422 g/mol. The molecule has 0 fully saturated rings. The molecule has 0 unspecified atom stereocenters. The average molecular weight is 444 g/mol. The van der Waals surface area contributed by atoms with Crippen molar-refractivity contribution in [1.82, 2.24) is 24.1 Å². The first-order valence-electron chi connectivity index (χ1n) is 9.26. The van der Waals surface area contributed by atoms with Crippen molar-refractivity contribution in [2.24, 2.45) is 14.1 Å². The van der Waals surface area contributed by atoms with Crippen LogP contribution in [-0.4, -0.2) is 24.1 Å². The summed E-state index contributed by atoms with van der Waals surface area (Å²) < 4.78 is 7.89. The second-order valence-corrected chi connectivity index (χ2v) is 9.74. The molecule has 4 aromatic heterocycles. The zero-order valence-electron chi connectivity index (χ0n) is 17.3. The van der Waals surface area contributed by atoms with Crippen molar-refractivity contribution in [3.05, 3.63) is 56.1 Å². The summed E-state index contributed by atoms with van der Waals surface area (Å²) in [5.41, 5.74) is 0.0608. The molecule has 156 valence electrons. The Bertz CT molecular complexity index is 1340. The number of furan rings is 1. The lowest BCUT2D eigenvalue weighted by molar-refractivity contribution is 0.539. The van der Waals surface area contributed by atoms with Crippen LogP contribution in [-0.2, 0) is 25.3 Å². The number of hydrogen-bond acceptors (Lipinski definition) is 8. The molecule has 4 heterocycles. The van der Waals surface area contributed by atoms with Crippen molar-refractivity contribution in [2.75, 3.05) is 0 Å². The van der Waals surface area contributed by atoms with Gasteiger partial charge in [-0.3, -0.25) is 13.9 Å². The van der Waals surface area contributed by atoms with Crippen LogP contribution in [0.2, 0.25) is 0 Å². The molecule has 0 spiro atoms. The van der Waals surface area contributed by atoms with E-state index >= 15 is 0 Å². The highest BCUT2D eigenvalue weighted by Crippen LogP contribution is 2.31. The Labute approximate surface area is 180 Å². The summed E-state index contributed by atoms with van der Waals surface area (Å²) in [5, 5.41) is 3.66. The topological polar surface area (TPSA) is 95.8 Å². The van der Waals surface area contributed by atoms with E-state index in [1.54, 1.807) is 13.3 Å². The Hall–Kier alpha value is -2.72. The molecule has 0 bridgehead atoms. The van der Waals surface area contributed by atoms with Gasteiger partial charge in [0.25, 0.3) is 5.56 Å². The summed E-state index contributed by atoms with van der Waals surface area (Å²) in [4.78, 5) is 39.2. The molecule has 0 saturated carbocycles. The van der Waals surface area contributed by atoms with Crippen molar-refractivity contribution in [3.63, 3.8) is 0 Å². The minimum Gasteiger partial charge on any atom is -0.462 e. The zero-order valence-corrected chi connectivity index (χ0v) is 18.9. The van der Waals surface area contributed by atoms with Gasteiger partial charge in [0.2, 0.25) is 0 Å². The minimum absolute atomic E-state index is 0.340. The molecule has 0 N–H and O–H groups in total. The van der Waals surface area contributed by atoms with Crippen molar-refractivity contribution in [3.8, 4) is 10.8 Å². The zero-order chi connectivity index (χ0) is 21.6. The SMILES string of the molecule is Cn1c(=O)c2c(SCc3csc(-c4ccco4)n3)nc(C(C)(C)C)nc2n(C)c1=O. The van der Waals surface area contributed by atoms with E-state index in [4.69, 9.17) is 9.40 Å². The predicted molar refractivity (Wildman–Crippen MR) is 118 cm³/mol. The maximum Gasteiger partial charge on any atom is 0.332 e. The maximum atomic E-state index is 12.9. The molecule has 10 heteroatoms. The van der Waals surface area contributed by atoms with Gasteiger partial charge in [-0.1, -0.05) is 32.5 Å². The first-order valence-corrected chi connectivity index (χ1v) is 11.1. The smallest absolute Gasteiger partial charge is 0.332 e. The third-order valence-corrected chi connectivity index (χ3v) is 6.49. The molecule has 0 aromatic carbocycles. The molecule has 0 radical (unpaired) electrons. The summed E-state index contributed by atoms with van der Waals surface area (Å²) in [7, 11) is 3.08. The van der Waals surface area contributed by atoms with Gasteiger partial charge in [-0.05, 0) is 12.1 Å². The highest BCUT2D eigenvalue weighted by Gasteiger charge is 2.23. The molecule has 8 nitrogen and oxygen atoms in total. The van der Waals surface area contributed by atoms with Crippen LogP contribution in [0.1, 0.15) is 32.3 Å². The van der Waals surface area contributed by atoms with E-state index in [2.05, 4.69) is 9.97 Å². The highest BCUT2D eigenvalue weighted by atomic mass is 32.2. The molecule has 0 atom stereocenters. The van der Waals surface area contributed by atoms with Gasteiger partial charge in [-0.15, -0.1) is 11.3 Å². The molecule has 0 saturated heterocycles. The van der Waals surface area contributed by atoms with E-state index in [9.17, 15) is 9.59 Å². The van der Waals surface area contributed by atoms with E-state index < -0.39 is 11.2 Å². The van der Waals surface area contributed by atoms with E-state index in [-0.39, 0.29) is 5.41 Å². The van der Waals surface area contributed by atoms with Crippen molar-refractivity contribution >= 4 is 34.1 Å². The molecule has 0 aliphatic heterocycles. The van der Waals surface area contributed by atoms with Crippen LogP contribution in [0.25, 0.3) is 21.8 Å². The maximum absolute atomic E-state index is 12.9. The number of aryl methyl sites for hydroxylation is 1. The third-order valence-electron chi connectivity index (χ3n) is 4.58. The average Bonchev–Trinajstić information content (AvgIpc) is 3.39. The van der Waals surface area contributed by atoms with Crippen LogP contribution in [0, 0.1) is 0 Å². The van der Waals surface area contributed by atoms with Crippen LogP contribution >= 0.6 is 23.1 Å². The second kappa shape index (κ2) is 7.51. The fourth-order valence-electron chi connectivity index (χ4n) is 2.90. The Morgan fingerprint density at radius 3 is 2.57 bits per heavy atom. The molecule has 0 aliphatic carbocycles. The lowest BCUT2D eigenvalue weighted by Crippen LogP contribution is -2.38. The predicted octanol–water partition coefficient (Wildman–Crippen LogP) is 3.33. The van der Waals surface area contributed by atoms with Crippen molar-refractivity contribution in [1.29, 1.82) is 0 Å². The largest absolute Gasteiger partial charge is 0.462 e. The van der Waals surface area contributed by atoms with Crippen LogP contribution in [0.15, 0.2) is 42.8 Å². The van der Waals surface area contributed by atoms with E-state index in [0.717, 1.165) is 21.0 Å². The lowest BCUT2D eigenvalue weighted by atomic mass is 9.96. The fraction of sp³-hybridized carbons (Fsp3) is 0.350. The first kappa shape index (κ1) is 20.5. The van der Waals surface area contributed by atoms with Crippen LogP contribution in [0.4, 0.5) is 0 Å². The molecule has 4 aromatic rings. The minimum atomic E-state index is -0.412. The molecule has 4 rings (SSSR count). The van der Waals surface area contributed by atoms with Gasteiger partial charge in [0.1, 0.15) is 16.2 Å². The van der Waals surface area contributed by atoms with Crippen LogP contribution in [0.5, 0.6) is 0 Å². The Morgan fingerprint density at radius 2 is 1.90 bits per heavy atom. The molecule has 0 aliphatic rings. The Balaban J connectivity index is 1.79. The number of nitrogens with zero attached hydrogens (tertiary/aromatic N) is 5. The fourth-order valence-corrected chi connectivity index (χ4v) is 4.70. The van der Waals surface area contributed by atoms with E-state index in [1.165, 1.54) is 34.7 Å². The van der Waals surface area contributed by atoms with Crippen molar-refractivity contribution < 1.29 is 4.42 Å². The standard InChI is InChI=1S/C20H21N5O3S2/c1-20(2,3)18-22-14-13(17(26)25(5)19(27)24(14)4)16(23-18)30-10-11-9-29-15(21-11)12-7-6-8-28-12/h6-9H,10H2,1-5H3. The summed E-state index contributed by atoms with van der Waals surface area (Å²) in [6.45, 7) is 5.99. The van der Waals surface area contributed by atoms with Gasteiger partial charge in [-0.2, -0.15) is 0 Å². The third kappa shape index (κ3) is 3.61. The number of thioether (sulfide) groups is 1. The quantitative estimate of drug-likeness (QED) is 0.353. The summed E-state index contributed by atoms with van der Waals surface area (Å²) in [6, 6.07) is 3.69. The summed E-state index contributed by atoms with van der Waals surface area (Å²) in [5.74, 6) is 1.83. The number of fused-ring (bicyclic) bond motifs is 1. The highest BCUT2D eigenvalue weighted by molar-refractivity contribution is 7.98. The summed E-state index contributed by atoms with van der Waals surface area (Å²) >= 11 is 2.92. The first-order chi connectivity index (χ1) is 14.2. The molecule has 30 heavy (non-hydrogen) atoms. The van der Waals surface area contributed by atoms with Crippen LogP contribution < -0.4 is 11.2 Å². The Morgan fingerprint density at radius 1 is 1.13 bits per heavy atom. The number of hydrogen-bond donors (Lipinski definition) is 0. The summed E-state index contributed by atoms with van der Waals surface area (Å²) in [6.07, 6.45) is 1.62. The van der Waals surface area contributed by atoms with E-state index in [0.29, 0.717) is 27.6 Å². The Kier molecular flexibility index (Phi) is 5.15. The van der Waals surface area contributed by atoms with Crippen LogP contribution in [0.3, 0.4) is 0 Å². The molecule has 0 amide bonds. The number of thiazole rings is 1. The second-order valence-electron chi connectivity index (χ2n) is 7.92. The lowest BCUT2D eigenvalue weighted by Gasteiger charge is -2.19. The normalized spacial score (nSPS) is 12.0. The van der Waals surface area contributed by atoms with E-state index in [1.807, 2.05) is 38.3 Å². The van der Waals surface area contributed by atoms with Gasteiger partial charge in [0.15, 0.2) is 16.4 Å². The van der Waals surface area contributed by atoms with Gasteiger partial charge >= 0.3 is 5.69 Å². The molecular formula is C20H21N5O3S2. The van der Waals surface area contributed by atoms with Crippen molar-refractivity contribution in [2.45, 2.75) is 37.0 Å². The van der Waals surface area contributed by atoms with Gasteiger partial charge in [0, 0.05) is 30.6 Å². The van der Waals surface area contributed by atoms with Gasteiger partial charge in [-0.25, -0.2) is 19.7 Å². The van der Waals surface area contributed by atoms with Gasteiger partial charge in [0.05, 0.1) is 12.0 Å². The monoisotopic (exact) mass is 443 g/mol.